The molecule has 0 aromatic rings. The van der Waals surface area contributed by atoms with E-state index in [1.807, 2.05) is 0 Å². The summed E-state index contributed by atoms with van der Waals surface area (Å²) < 4.78 is 38.6. The van der Waals surface area contributed by atoms with E-state index in [4.69, 9.17) is 33.2 Å². The van der Waals surface area contributed by atoms with Gasteiger partial charge in [0.15, 0.2) is 25.2 Å². The lowest BCUT2D eigenvalue weighted by Crippen LogP contribution is -2.67. The van der Waals surface area contributed by atoms with Gasteiger partial charge in [-0.2, -0.15) is 0 Å². The number of hydrogen-bond donors (Lipinski definition) is 12. The molecular formula is C24H42O19. The molecule has 12 N–H and O–H groups in total. The minimum atomic E-state index is -1.93. The molecule has 20 atom stereocenters. The topological polar surface area (TPSA) is 307 Å². The summed E-state index contributed by atoms with van der Waals surface area (Å²) in [6.07, 6.45) is -32.8. The zero-order valence-electron chi connectivity index (χ0n) is 23.2. The van der Waals surface area contributed by atoms with E-state index in [1.54, 1.807) is 0 Å². The van der Waals surface area contributed by atoms with E-state index in [1.165, 1.54) is 13.8 Å². The fraction of sp³-hybridized carbons (Fsp3) is 1.00. The zero-order chi connectivity index (χ0) is 31.9. The summed E-state index contributed by atoms with van der Waals surface area (Å²) >= 11 is 0. The van der Waals surface area contributed by atoms with Crippen LogP contribution in [-0.2, 0) is 33.2 Å². The summed E-state index contributed by atoms with van der Waals surface area (Å²) in [6, 6.07) is 0. The van der Waals surface area contributed by atoms with Gasteiger partial charge < -0.3 is 94.4 Å². The number of rotatable bonds is 8. The van der Waals surface area contributed by atoms with Crippen molar-refractivity contribution in [1.82, 2.24) is 0 Å². The molecule has 4 saturated heterocycles. The third-order valence-corrected chi connectivity index (χ3v) is 8.13. The maximum Gasteiger partial charge on any atom is 0.187 e. The molecule has 4 fully saturated rings. The lowest BCUT2D eigenvalue weighted by molar-refractivity contribution is -0.390. The zero-order valence-corrected chi connectivity index (χ0v) is 23.2. The summed E-state index contributed by atoms with van der Waals surface area (Å²) in [5, 5.41) is 123. The molecule has 0 radical (unpaired) electrons. The standard InChI is InChI=1S/C24H42O19/c1-5-9(27)12(30)14(32)22(37-5)43-20-16(34)21(36)39-8(4-26)18(20)41-24-17(35)19(10(28)6(2)38-24)42-23-15(33)13(31)11(29)7(3-25)40-23/h5-36H,3-4H2,1-2H3/t5-,6-,7+,8+,9-,10-,11+,12+,13-,14+,15+,16+,17+,18+,19+,20+,21?,22-,23-,24-/m0/s1. The SMILES string of the molecule is C[C@@H]1O[C@@H](O[C@H]2[C@H](O[C@@H]3O[C@@H](C)[C@H](O)[C@@H](O[C@@H]4O[C@H](CO)[C@@H](O)[C@H](O)[C@H]4O)[C@H]3O)[C@@H](CO)OC(O)[C@@H]2O)[C@H](O)[C@H](O)[C@H]1O. The van der Waals surface area contributed by atoms with Crippen molar-refractivity contribution < 1.29 is 94.4 Å². The molecule has 252 valence electrons. The maximum absolute atomic E-state index is 11.1. The molecule has 4 aliphatic rings. The molecule has 19 heteroatoms. The minimum Gasteiger partial charge on any atom is -0.394 e. The summed E-state index contributed by atoms with van der Waals surface area (Å²) in [5.41, 5.74) is 0. The van der Waals surface area contributed by atoms with Gasteiger partial charge in [0.25, 0.3) is 0 Å². The second-order valence-corrected chi connectivity index (χ2v) is 11.1. The molecule has 0 spiro atoms. The number of hydrogen-bond acceptors (Lipinski definition) is 19. The fourth-order valence-electron chi connectivity index (χ4n) is 5.42. The largest absolute Gasteiger partial charge is 0.394 e. The second kappa shape index (κ2) is 14.3. The van der Waals surface area contributed by atoms with Crippen LogP contribution in [0.2, 0.25) is 0 Å². The monoisotopic (exact) mass is 634 g/mol. The van der Waals surface area contributed by atoms with Gasteiger partial charge in [-0.1, -0.05) is 0 Å². The van der Waals surface area contributed by atoms with E-state index < -0.39 is 136 Å². The van der Waals surface area contributed by atoms with Crippen molar-refractivity contribution >= 4 is 0 Å². The van der Waals surface area contributed by atoms with E-state index in [9.17, 15) is 61.3 Å². The minimum absolute atomic E-state index is 0.764. The van der Waals surface area contributed by atoms with Crippen molar-refractivity contribution in [1.29, 1.82) is 0 Å². The predicted molar refractivity (Wildman–Crippen MR) is 131 cm³/mol. The summed E-state index contributed by atoms with van der Waals surface area (Å²) in [5.74, 6) is 0. The van der Waals surface area contributed by atoms with Gasteiger partial charge in [0, 0.05) is 0 Å². The van der Waals surface area contributed by atoms with E-state index in [-0.39, 0.29) is 0 Å². The molecule has 0 aromatic carbocycles. The van der Waals surface area contributed by atoms with Crippen LogP contribution in [0.1, 0.15) is 13.8 Å². The number of ether oxygens (including phenoxy) is 7. The Balaban J connectivity index is 1.54. The third kappa shape index (κ3) is 7.00. The Kier molecular flexibility index (Phi) is 11.7. The quantitative estimate of drug-likeness (QED) is 0.118. The van der Waals surface area contributed by atoms with Crippen molar-refractivity contribution in [3.8, 4) is 0 Å². The smallest absolute Gasteiger partial charge is 0.187 e. The summed E-state index contributed by atoms with van der Waals surface area (Å²) in [7, 11) is 0. The van der Waals surface area contributed by atoms with Gasteiger partial charge in [-0.3, -0.25) is 0 Å². The first-order valence-corrected chi connectivity index (χ1v) is 13.8. The van der Waals surface area contributed by atoms with Crippen LogP contribution in [0.25, 0.3) is 0 Å². The van der Waals surface area contributed by atoms with Crippen LogP contribution in [0.3, 0.4) is 0 Å². The van der Waals surface area contributed by atoms with Gasteiger partial charge in [-0.15, -0.1) is 0 Å². The first-order valence-electron chi connectivity index (χ1n) is 13.8. The number of aliphatic hydroxyl groups excluding tert-OH is 12. The Bertz CT molecular complexity index is 884. The average molecular weight is 635 g/mol. The summed E-state index contributed by atoms with van der Waals surface area (Å²) in [6.45, 7) is 1.15. The highest BCUT2D eigenvalue weighted by molar-refractivity contribution is 4.97. The molecule has 0 amide bonds. The van der Waals surface area contributed by atoms with Crippen LogP contribution in [0.5, 0.6) is 0 Å². The van der Waals surface area contributed by atoms with Crippen molar-refractivity contribution in [3.05, 3.63) is 0 Å². The fourth-order valence-corrected chi connectivity index (χ4v) is 5.42. The Morgan fingerprint density at radius 1 is 0.419 bits per heavy atom. The first-order chi connectivity index (χ1) is 20.2. The third-order valence-electron chi connectivity index (χ3n) is 8.13. The van der Waals surface area contributed by atoms with E-state index >= 15 is 0 Å². The van der Waals surface area contributed by atoms with Crippen LogP contribution in [0.4, 0.5) is 0 Å². The molecule has 4 rings (SSSR count). The maximum atomic E-state index is 11.1. The lowest BCUT2D eigenvalue weighted by atomic mass is 9.95. The Labute approximate surface area is 244 Å². The molecule has 4 heterocycles. The molecule has 19 nitrogen and oxygen atoms in total. The van der Waals surface area contributed by atoms with Gasteiger partial charge in [0.2, 0.25) is 0 Å². The van der Waals surface area contributed by atoms with Gasteiger partial charge in [0.1, 0.15) is 85.5 Å². The van der Waals surface area contributed by atoms with Gasteiger partial charge in [-0.05, 0) is 13.8 Å². The van der Waals surface area contributed by atoms with Gasteiger partial charge >= 0.3 is 0 Å². The Morgan fingerprint density at radius 2 is 0.884 bits per heavy atom. The molecular weight excluding hydrogens is 592 g/mol. The van der Waals surface area contributed by atoms with Crippen LogP contribution in [0, 0.1) is 0 Å². The molecule has 4 aliphatic heterocycles. The van der Waals surface area contributed by atoms with Crippen LogP contribution in [-0.4, -0.2) is 197 Å². The van der Waals surface area contributed by atoms with E-state index in [2.05, 4.69) is 0 Å². The van der Waals surface area contributed by atoms with Crippen LogP contribution < -0.4 is 0 Å². The highest BCUT2D eigenvalue weighted by atomic mass is 16.8. The predicted octanol–water partition coefficient (Wildman–Crippen LogP) is -7.69. The highest BCUT2D eigenvalue weighted by Gasteiger charge is 2.55. The Hall–Kier alpha value is -0.760. The van der Waals surface area contributed by atoms with Crippen molar-refractivity contribution in [2.75, 3.05) is 13.2 Å². The Morgan fingerprint density at radius 3 is 1.47 bits per heavy atom. The molecule has 0 aromatic heterocycles. The first kappa shape index (κ1) is 35.1. The normalized spacial score (nSPS) is 54.8. The molecule has 0 aliphatic carbocycles. The van der Waals surface area contributed by atoms with Crippen molar-refractivity contribution in [2.24, 2.45) is 0 Å². The van der Waals surface area contributed by atoms with E-state index in [0.29, 0.717) is 0 Å². The van der Waals surface area contributed by atoms with Crippen molar-refractivity contribution in [2.45, 2.75) is 137 Å². The van der Waals surface area contributed by atoms with Crippen molar-refractivity contribution in [3.63, 3.8) is 0 Å². The second-order valence-electron chi connectivity index (χ2n) is 11.1. The van der Waals surface area contributed by atoms with Crippen LogP contribution in [0.15, 0.2) is 0 Å². The number of aliphatic hydroxyl groups is 12. The van der Waals surface area contributed by atoms with Crippen LogP contribution >= 0.6 is 0 Å². The van der Waals surface area contributed by atoms with E-state index in [0.717, 1.165) is 0 Å². The molecule has 43 heavy (non-hydrogen) atoms. The molecule has 0 saturated carbocycles. The highest BCUT2D eigenvalue weighted by Crippen LogP contribution is 2.34. The molecule has 0 bridgehead atoms. The lowest BCUT2D eigenvalue weighted by Gasteiger charge is -2.49. The van der Waals surface area contributed by atoms with Gasteiger partial charge in [0.05, 0.1) is 25.4 Å². The average Bonchev–Trinajstić information content (AvgIpc) is 2.98. The van der Waals surface area contributed by atoms with Gasteiger partial charge in [-0.25, -0.2) is 0 Å². The summed E-state index contributed by atoms with van der Waals surface area (Å²) in [4.78, 5) is 0. The molecule has 1 unspecified atom stereocenters.